The number of rotatable bonds is 5. The minimum absolute atomic E-state index is 0.585. The Labute approximate surface area is 161 Å². The van der Waals surface area contributed by atoms with Crippen LogP contribution in [0.2, 0.25) is 0 Å². The van der Waals surface area contributed by atoms with Gasteiger partial charge >= 0.3 is 0 Å². The van der Waals surface area contributed by atoms with Crippen LogP contribution in [0.25, 0.3) is 23.4 Å². The molecule has 2 heterocycles. The number of hydrogen-bond acceptors (Lipinski definition) is 6. The second-order valence-electron chi connectivity index (χ2n) is 5.88. The molecule has 0 bridgehead atoms. The van der Waals surface area contributed by atoms with Gasteiger partial charge in [-0.25, -0.2) is 4.98 Å². The van der Waals surface area contributed by atoms with Crippen LogP contribution in [0.15, 0.2) is 41.8 Å². The third kappa shape index (κ3) is 3.75. The van der Waals surface area contributed by atoms with Crippen molar-refractivity contribution in [1.82, 2.24) is 4.98 Å². The summed E-state index contributed by atoms with van der Waals surface area (Å²) in [7, 11) is 3.26. The maximum absolute atomic E-state index is 5.62. The van der Waals surface area contributed by atoms with E-state index in [0.29, 0.717) is 24.7 Å². The maximum Gasteiger partial charge on any atom is 0.161 e. The number of hydrogen-bond donors (Lipinski definition) is 0. The molecule has 5 nitrogen and oxygen atoms in total. The molecule has 0 radical (unpaired) electrons. The maximum atomic E-state index is 5.62. The molecule has 2 aromatic carbocycles. The Hall–Kier alpha value is -2.99. The largest absolute Gasteiger partial charge is 0.493 e. The van der Waals surface area contributed by atoms with Crippen LogP contribution in [0.4, 0.5) is 0 Å². The molecule has 27 heavy (non-hydrogen) atoms. The number of methoxy groups -OCH3 is 2. The van der Waals surface area contributed by atoms with E-state index in [-0.39, 0.29) is 0 Å². The lowest BCUT2D eigenvalue weighted by Crippen LogP contribution is -2.15. The third-order valence-electron chi connectivity index (χ3n) is 4.19. The van der Waals surface area contributed by atoms with E-state index in [1.807, 2.05) is 53.9 Å². The summed E-state index contributed by atoms with van der Waals surface area (Å²) in [5, 5.41) is 2.96. The molecule has 0 amide bonds. The fraction of sp³-hybridized carbons (Fsp3) is 0.190. The minimum Gasteiger partial charge on any atom is -0.493 e. The topological polar surface area (TPSA) is 49.8 Å². The summed E-state index contributed by atoms with van der Waals surface area (Å²) in [6.07, 6.45) is 4.02. The van der Waals surface area contributed by atoms with Gasteiger partial charge in [0.25, 0.3) is 0 Å². The van der Waals surface area contributed by atoms with Crippen LogP contribution in [-0.2, 0) is 0 Å². The molecule has 6 heteroatoms. The molecule has 0 saturated carbocycles. The van der Waals surface area contributed by atoms with Crippen molar-refractivity contribution in [2.45, 2.75) is 0 Å². The Morgan fingerprint density at radius 2 is 1.74 bits per heavy atom. The second-order valence-corrected chi connectivity index (χ2v) is 6.77. The normalized spacial score (nSPS) is 13.0. The van der Waals surface area contributed by atoms with Gasteiger partial charge < -0.3 is 18.9 Å². The summed E-state index contributed by atoms with van der Waals surface area (Å²) in [6.45, 7) is 1.18. The first-order valence-corrected chi connectivity index (χ1v) is 9.40. The van der Waals surface area contributed by atoms with Crippen LogP contribution in [0.1, 0.15) is 10.6 Å². The van der Waals surface area contributed by atoms with E-state index >= 15 is 0 Å². The zero-order chi connectivity index (χ0) is 18.6. The summed E-state index contributed by atoms with van der Waals surface area (Å²) in [5.41, 5.74) is 2.94. The fourth-order valence-electron chi connectivity index (χ4n) is 2.82. The molecule has 1 aromatic heterocycles. The quantitative estimate of drug-likeness (QED) is 0.637. The van der Waals surface area contributed by atoms with E-state index in [9.17, 15) is 0 Å². The molecule has 0 saturated heterocycles. The van der Waals surface area contributed by atoms with Crippen LogP contribution in [0, 0.1) is 0 Å². The highest BCUT2D eigenvalue weighted by Crippen LogP contribution is 2.34. The van der Waals surface area contributed by atoms with Crippen LogP contribution < -0.4 is 18.9 Å². The number of aromatic nitrogens is 1. The average Bonchev–Trinajstić information content (AvgIpc) is 3.20. The molecule has 0 unspecified atom stereocenters. The van der Waals surface area contributed by atoms with Gasteiger partial charge in [0.05, 0.1) is 19.9 Å². The minimum atomic E-state index is 0.585. The van der Waals surface area contributed by atoms with Crippen molar-refractivity contribution in [3.05, 3.63) is 52.3 Å². The van der Waals surface area contributed by atoms with Gasteiger partial charge in [-0.3, -0.25) is 0 Å². The molecule has 0 spiro atoms. The summed E-state index contributed by atoms with van der Waals surface area (Å²) in [6, 6.07) is 11.7. The fourth-order valence-corrected chi connectivity index (χ4v) is 3.54. The Morgan fingerprint density at radius 3 is 2.56 bits per heavy atom. The third-order valence-corrected chi connectivity index (χ3v) is 5.00. The predicted octanol–water partition coefficient (Wildman–Crippen LogP) is 4.77. The zero-order valence-corrected chi connectivity index (χ0v) is 15.9. The van der Waals surface area contributed by atoms with Crippen LogP contribution in [0.3, 0.4) is 0 Å². The van der Waals surface area contributed by atoms with E-state index < -0.39 is 0 Å². The van der Waals surface area contributed by atoms with E-state index in [0.717, 1.165) is 33.3 Å². The SMILES string of the molecule is COc1ccc(-c2csc(C=Cc3ccc4c(c3)OCCO4)n2)cc1OC. The number of fused-ring (bicyclic) bond motifs is 1. The summed E-state index contributed by atoms with van der Waals surface area (Å²) < 4.78 is 21.8. The van der Waals surface area contributed by atoms with Crippen molar-refractivity contribution < 1.29 is 18.9 Å². The highest BCUT2D eigenvalue weighted by molar-refractivity contribution is 7.10. The first-order chi connectivity index (χ1) is 13.3. The lowest BCUT2D eigenvalue weighted by atomic mass is 10.1. The Kier molecular flexibility index (Phi) is 4.98. The highest BCUT2D eigenvalue weighted by atomic mass is 32.1. The Balaban J connectivity index is 1.54. The first kappa shape index (κ1) is 17.4. The van der Waals surface area contributed by atoms with Crippen LogP contribution in [-0.4, -0.2) is 32.4 Å². The van der Waals surface area contributed by atoms with Crippen molar-refractivity contribution in [3.8, 4) is 34.3 Å². The molecular formula is C21H19NO4S. The Morgan fingerprint density at radius 1 is 0.926 bits per heavy atom. The molecular weight excluding hydrogens is 362 g/mol. The molecule has 0 aliphatic carbocycles. The van der Waals surface area contributed by atoms with Crippen molar-refractivity contribution in [2.24, 2.45) is 0 Å². The molecule has 1 aliphatic rings. The summed E-state index contributed by atoms with van der Waals surface area (Å²) in [4.78, 5) is 4.69. The summed E-state index contributed by atoms with van der Waals surface area (Å²) in [5.74, 6) is 2.98. The van der Waals surface area contributed by atoms with Gasteiger partial charge in [-0.15, -0.1) is 11.3 Å². The van der Waals surface area contributed by atoms with E-state index in [4.69, 9.17) is 23.9 Å². The smallest absolute Gasteiger partial charge is 0.161 e. The van der Waals surface area contributed by atoms with Gasteiger partial charge in [0.1, 0.15) is 18.2 Å². The summed E-state index contributed by atoms with van der Waals surface area (Å²) >= 11 is 1.59. The molecule has 0 atom stereocenters. The van der Waals surface area contributed by atoms with Crippen molar-refractivity contribution in [3.63, 3.8) is 0 Å². The van der Waals surface area contributed by atoms with Gasteiger partial charge in [-0.05, 0) is 42.0 Å². The van der Waals surface area contributed by atoms with Crippen LogP contribution >= 0.6 is 11.3 Å². The molecule has 4 rings (SSSR count). The van der Waals surface area contributed by atoms with Gasteiger partial charge in [0, 0.05) is 10.9 Å². The zero-order valence-electron chi connectivity index (χ0n) is 15.1. The number of benzene rings is 2. The molecule has 0 N–H and O–H groups in total. The first-order valence-electron chi connectivity index (χ1n) is 8.52. The monoisotopic (exact) mass is 381 g/mol. The molecule has 0 fully saturated rings. The van der Waals surface area contributed by atoms with Crippen molar-refractivity contribution in [1.29, 1.82) is 0 Å². The molecule has 138 valence electrons. The lowest BCUT2D eigenvalue weighted by Gasteiger charge is -2.18. The second kappa shape index (κ2) is 7.72. The molecule has 1 aliphatic heterocycles. The van der Waals surface area contributed by atoms with E-state index in [2.05, 4.69) is 0 Å². The number of ether oxygens (including phenoxy) is 4. The van der Waals surface area contributed by atoms with Crippen LogP contribution in [0.5, 0.6) is 23.0 Å². The van der Waals surface area contributed by atoms with E-state index in [1.54, 1.807) is 25.6 Å². The standard InChI is InChI=1S/C21H19NO4S/c1-23-17-7-5-15(12-19(17)24-2)16-13-27-21(22-16)8-4-14-3-6-18-20(11-14)26-10-9-25-18/h3-8,11-13H,9-10H2,1-2H3. The average molecular weight is 381 g/mol. The number of nitrogens with zero attached hydrogens (tertiary/aromatic N) is 1. The molecule has 3 aromatic rings. The van der Waals surface area contributed by atoms with Gasteiger partial charge in [0.2, 0.25) is 0 Å². The number of thiazole rings is 1. The van der Waals surface area contributed by atoms with Gasteiger partial charge in [-0.2, -0.15) is 0 Å². The van der Waals surface area contributed by atoms with Crippen molar-refractivity contribution in [2.75, 3.05) is 27.4 Å². The predicted molar refractivity (Wildman–Crippen MR) is 107 cm³/mol. The lowest BCUT2D eigenvalue weighted by molar-refractivity contribution is 0.171. The van der Waals surface area contributed by atoms with E-state index in [1.165, 1.54) is 0 Å². The highest BCUT2D eigenvalue weighted by Gasteiger charge is 2.11. The van der Waals surface area contributed by atoms with Gasteiger partial charge in [-0.1, -0.05) is 12.1 Å². The van der Waals surface area contributed by atoms with Gasteiger partial charge in [0.15, 0.2) is 23.0 Å². The van der Waals surface area contributed by atoms with Crippen molar-refractivity contribution >= 4 is 23.5 Å². The Bertz CT molecular complexity index is 980.